The first-order valence-electron chi connectivity index (χ1n) is 8.33. The van der Waals surface area contributed by atoms with Crippen LogP contribution in [0.25, 0.3) is 0 Å². The van der Waals surface area contributed by atoms with Crippen LogP contribution in [-0.2, 0) is 4.79 Å². The lowest BCUT2D eigenvalue weighted by Gasteiger charge is -2.51. The molecule has 0 aromatic heterocycles. The molecule has 21 heavy (non-hydrogen) atoms. The molecule has 1 aliphatic carbocycles. The Morgan fingerprint density at radius 2 is 2.10 bits per heavy atom. The average Bonchev–Trinajstić information content (AvgIpc) is 2.48. The van der Waals surface area contributed by atoms with Gasteiger partial charge in [0, 0.05) is 19.0 Å². The molecule has 1 amide bonds. The van der Waals surface area contributed by atoms with E-state index in [2.05, 4.69) is 47.9 Å². The first-order chi connectivity index (χ1) is 10.2. The molecular formula is C18H26N2O. The summed E-state index contributed by atoms with van der Waals surface area (Å²) < 4.78 is 0. The van der Waals surface area contributed by atoms with Gasteiger partial charge in [-0.15, -0.1) is 0 Å². The molecule has 3 rings (SSSR count). The average molecular weight is 286 g/mol. The van der Waals surface area contributed by atoms with Crippen molar-refractivity contribution < 1.29 is 4.79 Å². The number of piperidine rings is 1. The Kier molecular flexibility index (Phi) is 4.29. The van der Waals surface area contributed by atoms with Crippen LogP contribution in [0.4, 0.5) is 0 Å². The fourth-order valence-corrected chi connectivity index (χ4v) is 3.82. The number of hydrogen-bond donors (Lipinski definition) is 2. The molecule has 1 aromatic rings. The topological polar surface area (TPSA) is 41.1 Å². The highest BCUT2D eigenvalue weighted by molar-refractivity contribution is 5.78. The van der Waals surface area contributed by atoms with Crippen molar-refractivity contribution in [3.05, 3.63) is 35.9 Å². The molecule has 3 heteroatoms. The van der Waals surface area contributed by atoms with Crippen LogP contribution in [-0.4, -0.2) is 24.0 Å². The summed E-state index contributed by atoms with van der Waals surface area (Å²) in [5, 5.41) is 7.03. The van der Waals surface area contributed by atoms with E-state index in [9.17, 15) is 4.79 Å². The third-order valence-corrected chi connectivity index (χ3v) is 5.34. The van der Waals surface area contributed by atoms with Crippen molar-refractivity contribution in [2.45, 2.75) is 62.9 Å². The minimum atomic E-state index is 0.0598. The number of benzene rings is 1. The Labute approximate surface area is 127 Å². The fourth-order valence-electron chi connectivity index (χ4n) is 3.82. The van der Waals surface area contributed by atoms with Crippen molar-refractivity contribution in [1.82, 2.24) is 10.6 Å². The molecule has 3 nitrogen and oxygen atoms in total. The smallest absolute Gasteiger partial charge is 0.220 e. The van der Waals surface area contributed by atoms with Gasteiger partial charge in [-0.1, -0.05) is 37.3 Å². The molecule has 1 heterocycles. The van der Waals surface area contributed by atoms with E-state index in [0.29, 0.717) is 18.4 Å². The van der Waals surface area contributed by atoms with Crippen molar-refractivity contribution in [3.63, 3.8) is 0 Å². The van der Waals surface area contributed by atoms with Crippen molar-refractivity contribution in [1.29, 1.82) is 0 Å². The van der Waals surface area contributed by atoms with Gasteiger partial charge in [0.25, 0.3) is 0 Å². The van der Waals surface area contributed by atoms with Crippen molar-refractivity contribution in [2.75, 3.05) is 6.54 Å². The molecular weight excluding hydrogens is 260 g/mol. The Hall–Kier alpha value is -1.35. The van der Waals surface area contributed by atoms with E-state index in [4.69, 9.17) is 0 Å². The second-order valence-corrected chi connectivity index (χ2v) is 6.57. The van der Waals surface area contributed by atoms with Crippen LogP contribution in [0.1, 0.15) is 56.9 Å². The number of nitrogens with one attached hydrogen (secondary N) is 2. The normalized spacial score (nSPS) is 25.2. The Balaban J connectivity index is 1.62. The maximum Gasteiger partial charge on any atom is 0.220 e. The van der Waals surface area contributed by atoms with Gasteiger partial charge >= 0.3 is 0 Å². The largest absolute Gasteiger partial charge is 0.349 e. The summed E-state index contributed by atoms with van der Waals surface area (Å²) in [5.74, 6) is 0.795. The van der Waals surface area contributed by atoms with Crippen LogP contribution >= 0.6 is 0 Å². The zero-order chi connectivity index (χ0) is 14.7. The monoisotopic (exact) mass is 286 g/mol. The van der Waals surface area contributed by atoms with Gasteiger partial charge in [0.2, 0.25) is 5.91 Å². The van der Waals surface area contributed by atoms with E-state index in [1.165, 1.54) is 12.0 Å². The molecule has 1 saturated carbocycles. The van der Waals surface area contributed by atoms with Gasteiger partial charge in [-0.2, -0.15) is 0 Å². The van der Waals surface area contributed by atoms with Crippen molar-refractivity contribution >= 4 is 5.91 Å². The molecule has 2 N–H and O–H groups in total. The molecule has 1 aliphatic heterocycles. The van der Waals surface area contributed by atoms with E-state index >= 15 is 0 Å². The maximum atomic E-state index is 11.7. The van der Waals surface area contributed by atoms with Crippen LogP contribution in [0, 0.1) is 0 Å². The third-order valence-electron chi connectivity index (χ3n) is 5.34. The second-order valence-electron chi connectivity index (χ2n) is 6.57. The Morgan fingerprint density at radius 1 is 1.33 bits per heavy atom. The van der Waals surface area contributed by atoms with E-state index < -0.39 is 0 Å². The lowest BCUT2D eigenvalue weighted by atomic mass is 9.68. The fraction of sp³-hybridized carbons (Fsp3) is 0.611. The first-order valence-corrected chi connectivity index (χ1v) is 8.33. The summed E-state index contributed by atoms with van der Waals surface area (Å²) in [6, 6.07) is 11.2. The van der Waals surface area contributed by atoms with E-state index in [1.807, 2.05) is 0 Å². The summed E-state index contributed by atoms with van der Waals surface area (Å²) in [6.07, 6.45) is 6.31. The highest BCUT2D eigenvalue weighted by Gasteiger charge is 2.47. The van der Waals surface area contributed by atoms with Crippen LogP contribution in [0.3, 0.4) is 0 Å². The molecule has 0 radical (unpaired) electrons. The minimum Gasteiger partial charge on any atom is -0.349 e. The summed E-state index contributed by atoms with van der Waals surface area (Å²) in [4.78, 5) is 11.7. The predicted octanol–water partition coefficient (Wildman–Crippen LogP) is 2.97. The van der Waals surface area contributed by atoms with Crippen molar-refractivity contribution in [3.8, 4) is 0 Å². The third kappa shape index (κ3) is 2.98. The molecule has 2 aliphatic rings. The summed E-state index contributed by atoms with van der Waals surface area (Å²) in [7, 11) is 0. The molecule has 1 spiro atoms. The van der Waals surface area contributed by atoms with Gasteiger partial charge in [-0.25, -0.2) is 0 Å². The van der Waals surface area contributed by atoms with Gasteiger partial charge in [-0.05, 0) is 43.6 Å². The minimum absolute atomic E-state index is 0.0598. The van der Waals surface area contributed by atoms with Gasteiger partial charge < -0.3 is 10.6 Å². The predicted molar refractivity (Wildman–Crippen MR) is 85.2 cm³/mol. The lowest BCUT2D eigenvalue weighted by Crippen LogP contribution is -2.68. The number of amides is 1. The molecule has 1 aromatic carbocycles. The molecule has 2 fully saturated rings. The molecule has 1 saturated heterocycles. The summed E-state index contributed by atoms with van der Waals surface area (Å²) >= 11 is 0. The maximum absolute atomic E-state index is 11.7. The molecule has 0 bridgehead atoms. The molecule has 114 valence electrons. The number of hydrogen-bond acceptors (Lipinski definition) is 2. The standard InChI is InChI=1S/C18H26N2O/c1-2-14(15-7-4-3-5-8-15)13-19-16-9-10-17(21)20-18(16)11-6-12-18/h3-5,7-8,14,16,19H,2,6,9-13H2,1H3,(H,20,21)/t14-,16-/m0/s1. The zero-order valence-corrected chi connectivity index (χ0v) is 12.9. The molecule has 2 atom stereocenters. The highest BCUT2D eigenvalue weighted by Crippen LogP contribution is 2.39. The SMILES string of the molecule is CC[C@@H](CN[C@H]1CCC(=O)NC12CCC2)c1ccccc1. The Bertz CT molecular complexity index is 481. The Morgan fingerprint density at radius 3 is 2.71 bits per heavy atom. The lowest BCUT2D eigenvalue weighted by molar-refractivity contribution is -0.128. The van der Waals surface area contributed by atoms with Crippen LogP contribution in [0.5, 0.6) is 0 Å². The van der Waals surface area contributed by atoms with E-state index in [1.54, 1.807) is 0 Å². The van der Waals surface area contributed by atoms with Crippen LogP contribution < -0.4 is 10.6 Å². The summed E-state index contributed by atoms with van der Waals surface area (Å²) in [5.41, 5.74) is 1.47. The van der Waals surface area contributed by atoms with E-state index in [0.717, 1.165) is 32.2 Å². The second kappa shape index (κ2) is 6.18. The van der Waals surface area contributed by atoms with Crippen LogP contribution in [0.15, 0.2) is 30.3 Å². The summed E-state index contributed by atoms with van der Waals surface area (Å²) in [6.45, 7) is 3.25. The molecule has 0 unspecified atom stereocenters. The van der Waals surface area contributed by atoms with E-state index in [-0.39, 0.29) is 11.4 Å². The van der Waals surface area contributed by atoms with Crippen LogP contribution in [0.2, 0.25) is 0 Å². The van der Waals surface area contributed by atoms with Gasteiger partial charge in [-0.3, -0.25) is 4.79 Å². The van der Waals surface area contributed by atoms with Gasteiger partial charge in [0.1, 0.15) is 0 Å². The van der Waals surface area contributed by atoms with Crippen molar-refractivity contribution in [2.24, 2.45) is 0 Å². The number of rotatable bonds is 5. The highest BCUT2D eigenvalue weighted by atomic mass is 16.1. The number of carbonyl (C=O) groups is 1. The first kappa shape index (κ1) is 14.6. The quantitative estimate of drug-likeness (QED) is 0.873. The zero-order valence-electron chi connectivity index (χ0n) is 12.9. The number of carbonyl (C=O) groups excluding carboxylic acids is 1. The van der Waals surface area contributed by atoms with Gasteiger partial charge in [0.15, 0.2) is 0 Å². The van der Waals surface area contributed by atoms with Gasteiger partial charge in [0.05, 0.1) is 5.54 Å².